The predicted molar refractivity (Wildman–Crippen MR) is 119 cm³/mol. The maximum absolute atomic E-state index is 2.41. The van der Waals surface area contributed by atoms with Gasteiger partial charge in [-0.1, -0.05) is 92.1 Å². The Morgan fingerprint density at radius 1 is 0.577 bits per heavy atom. The quantitative estimate of drug-likeness (QED) is 0.290. The third-order valence-electron chi connectivity index (χ3n) is 5.98. The Labute approximate surface area is 170 Å². The van der Waals surface area contributed by atoms with Crippen molar-refractivity contribution in [3.8, 4) is 0 Å². The Morgan fingerprint density at radius 3 is 1.54 bits per heavy atom. The van der Waals surface area contributed by atoms with E-state index in [0.717, 1.165) is 0 Å². The van der Waals surface area contributed by atoms with Crippen molar-refractivity contribution >= 4 is 22.6 Å². The van der Waals surface area contributed by atoms with E-state index >= 15 is 0 Å². The van der Waals surface area contributed by atoms with E-state index in [4.69, 9.17) is 0 Å². The number of benzene rings is 3. The summed E-state index contributed by atoms with van der Waals surface area (Å²) in [6.45, 7) is 0. The number of rotatable bonds is 4. The smallest absolute Gasteiger partial charge is 0.0479 e. The van der Waals surface area contributed by atoms with Crippen molar-refractivity contribution in [2.45, 2.75) is 37.5 Å². The van der Waals surface area contributed by atoms with Crippen LogP contribution in [-0.2, 0) is 5.41 Å². The van der Waals surface area contributed by atoms with Crippen LogP contribution >= 0.6 is 22.6 Å². The molecule has 0 amide bonds. The first-order chi connectivity index (χ1) is 12.8. The monoisotopic (exact) mass is 452 g/mol. The molecule has 0 aromatic heterocycles. The Bertz CT molecular complexity index is 776. The molecule has 1 heteroatoms. The standard InChI is InChI=1S/C25H25I/c26-24-18-16-23(17-19-24)25(20-10-4-1-5-11-20,21-12-6-2-7-13-21)22-14-8-3-9-15-22/h1-2,4-7,10-13,16-19,22H,3,8-9,14-15H2. The highest BCUT2D eigenvalue weighted by Gasteiger charge is 2.43. The van der Waals surface area contributed by atoms with Crippen LogP contribution in [0.3, 0.4) is 0 Å². The maximum Gasteiger partial charge on any atom is 0.0479 e. The van der Waals surface area contributed by atoms with E-state index in [0.29, 0.717) is 5.92 Å². The number of hydrogen-bond donors (Lipinski definition) is 0. The van der Waals surface area contributed by atoms with E-state index < -0.39 is 0 Å². The van der Waals surface area contributed by atoms with Gasteiger partial charge in [-0.05, 0) is 70.2 Å². The van der Waals surface area contributed by atoms with Gasteiger partial charge in [-0.2, -0.15) is 0 Å². The first kappa shape index (κ1) is 17.8. The summed E-state index contributed by atoms with van der Waals surface area (Å²) in [6.07, 6.45) is 6.67. The second kappa shape index (κ2) is 7.96. The average Bonchev–Trinajstić information content (AvgIpc) is 2.72. The summed E-state index contributed by atoms with van der Waals surface area (Å²) in [5.41, 5.74) is 4.23. The van der Waals surface area contributed by atoms with Crippen molar-refractivity contribution in [2.24, 2.45) is 5.92 Å². The number of hydrogen-bond acceptors (Lipinski definition) is 0. The van der Waals surface area contributed by atoms with Gasteiger partial charge >= 0.3 is 0 Å². The van der Waals surface area contributed by atoms with Gasteiger partial charge in [0, 0.05) is 8.99 Å². The normalized spacial score (nSPS) is 15.7. The van der Waals surface area contributed by atoms with Gasteiger partial charge in [0.05, 0.1) is 0 Å². The molecule has 0 bridgehead atoms. The second-order valence-corrected chi connectivity index (χ2v) is 8.63. The zero-order chi connectivity index (χ0) is 17.8. The van der Waals surface area contributed by atoms with E-state index in [1.54, 1.807) is 0 Å². The fraction of sp³-hybridized carbons (Fsp3) is 0.280. The zero-order valence-electron chi connectivity index (χ0n) is 15.1. The van der Waals surface area contributed by atoms with Crippen LogP contribution in [0.2, 0.25) is 0 Å². The van der Waals surface area contributed by atoms with Crippen molar-refractivity contribution < 1.29 is 0 Å². The van der Waals surface area contributed by atoms with Gasteiger partial charge in [-0.25, -0.2) is 0 Å². The minimum absolute atomic E-state index is 0.0622. The van der Waals surface area contributed by atoms with Gasteiger partial charge in [0.1, 0.15) is 0 Å². The largest absolute Gasteiger partial charge is 0.0622 e. The van der Waals surface area contributed by atoms with Gasteiger partial charge in [-0.15, -0.1) is 0 Å². The average molecular weight is 452 g/mol. The molecule has 1 aliphatic carbocycles. The molecular weight excluding hydrogens is 427 g/mol. The fourth-order valence-electron chi connectivity index (χ4n) is 4.86. The lowest BCUT2D eigenvalue weighted by molar-refractivity contribution is 0.271. The molecule has 0 nitrogen and oxygen atoms in total. The molecule has 0 saturated heterocycles. The van der Waals surface area contributed by atoms with Crippen LogP contribution < -0.4 is 0 Å². The van der Waals surface area contributed by atoms with E-state index in [1.165, 1.54) is 52.4 Å². The van der Waals surface area contributed by atoms with Crippen molar-refractivity contribution in [1.29, 1.82) is 0 Å². The van der Waals surface area contributed by atoms with E-state index in [1.807, 2.05) is 0 Å². The molecule has 0 radical (unpaired) electrons. The fourth-order valence-corrected chi connectivity index (χ4v) is 5.22. The molecule has 0 N–H and O–H groups in total. The van der Waals surface area contributed by atoms with Gasteiger partial charge < -0.3 is 0 Å². The summed E-state index contributed by atoms with van der Waals surface area (Å²) in [6, 6.07) is 31.6. The van der Waals surface area contributed by atoms with E-state index in [-0.39, 0.29) is 5.41 Å². The van der Waals surface area contributed by atoms with Crippen molar-refractivity contribution in [3.63, 3.8) is 0 Å². The molecule has 26 heavy (non-hydrogen) atoms. The third-order valence-corrected chi connectivity index (χ3v) is 6.69. The Balaban J connectivity index is 2.00. The van der Waals surface area contributed by atoms with E-state index in [2.05, 4.69) is 108 Å². The molecule has 0 heterocycles. The van der Waals surface area contributed by atoms with Crippen LogP contribution in [0, 0.1) is 9.49 Å². The second-order valence-electron chi connectivity index (χ2n) is 7.38. The highest BCUT2D eigenvalue weighted by Crippen LogP contribution is 2.50. The highest BCUT2D eigenvalue weighted by molar-refractivity contribution is 14.1. The molecule has 0 aliphatic heterocycles. The SMILES string of the molecule is Ic1ccc(C(c2ccccc2)(c2ccccc2)C2CCCCC2)cc1. The summed E-state index contributed by atoms with van der Waals surface area (Å²) >= 11 is 2.41. The molecule has 0 atom stereocenters. The molecule has 3 aromatic carbocycles. The van der Waals surface area contributed by atoms with Gasteiger partial charge in [-0.3, -0.25) is 0 Å². The number of halogens is 1. The molecular formula is C25H25I. The molecule has 1 aliphatic rings. The van der Waals surface area contributed by atoms with Crippen LogP contribution in [-0.4, -0.2) is 0 Å². The van der Waals surface area contributed by atoms with E-state index in [9.17, 15) is 0 Å². The van der Waals surface area contributed by atoms with Crippen molar-refractivity contribution in [1.82, 2.24) is 0 Å². The summed E-state index contributed by atoms with van der Waals surface area (Å²) in [4.78, 5) is 0. The molecule has 3 aromatic rings. The zero-order valence-corrected chi connectivity index (χ0v) is 17.2. The van der Waals surface area contributed by atoms with Crippen LogP contribution in [0.25, 0.3) is 0 Å². The summed E-state index contributed by atoms with van der Waals surface area (Å²) < 4.78 is 1.30. The summed E-state index contributed by atoms with van der Waals surface area (Å²) in [7, 11) is 0. The van der Waals surface area contributed by atoms with Crippen LogP contribution in [0.4, 0.5) is 0 Å². The molecule has 1 saturated carbocycles. The molecule has 0 spiro atoms. The predicted octanol–water partition coefficient (Wildman–Crippen LogP) is 7.21. The minimum atomic E-state index is -0.0622. The first-order valence-corrected chi connectivity index (χ1v) is 10.8. The molecule has 1 fully saturated rings. The lowest BCUT2D eigenvalue weighted by Crippen LogP contribution is -2.39. The Kier molecular flexibility index (Phi) is 5.44. The van der Waals surface area contributed by atoms with Crippen LogP contribution in [0.15, 0.2) is 84.9 Å². The Morgan fingerprint density at radius 2 is 1.04 bits per heavy atom. The van der Waals surface area contributed by atoms with Crippen LogP contribution in [0.1, 0.15) is 48.8 Å². The van der Waals surface area contributed by atoms with Gasteiger partial charge in [0.25, 0.3) is 0 Å². The lowest BCUT2D eigenvalue weighted by Gasteiger charge is -2.44. The topological polar surface area (TPSA) is 0 Å². The first-order valence-electron chi connectivity index (χ1n) is 9.69. The van der Waals surface area contributed by atoms with Crippen molar-refractivity contribution in [2.75, 3.05) is 0 Å². The van der Waals surface area contributed by atoms with Gasteiger partial charge in [0.2, 0.25) is 0 Å². The van der Waals surface area contributed by atoms with Gasteiger partial charge in [0.15, 0.2) is 0 Å². The lowest BCUT2D eigenvalue weighted by atomic mass is 9.58. The summed E-state index contributed by atoms with van der Waals surface area (Å²) in [5, 5.41) is 0. The maximum atomic E-state index is 2.41. The Hall–Kier alpha value is -1.61. The molecule has 4 rings (SSSR count). The van der Waals surface area contributed by atoms with Crippen LogP contribution in [0.5, 0.6) is 0 Å². The highest BCUT2D eigenvalue weighted by atomic mass is 127. The minimum Gasteiger partial charge on any atom is -0.0622 e. The molecule has 0 unspecified atom stereocenters. The molecule has 132 valence electrons. The van der Waals surface area contributed by atoms with Crippen molar-refractivity contribution in [3.05, 3.63) is 105 Å². The third kappa shape index (κ3) is 3.22. The summed E-state index contributed by atoms with van der Waals surface area (Å²) in [5.74, 6) is 0.640.